The number of benzene rings is 2. The highest BCUT2D eigenvalue weighted by Crippen LogP contribution is 2.33. The molecule has 0 bridgehead atoms. The summed E-state index contributed by atoms with van der Waals surface area (Å²) in [5.74, 6) is -1.42. The zero-order valence-electron chi connectivity index (χ0n) is 16.4. The van der Waals surface area contributed by atoms with Crippen LogP contribution in [-0.4, -0.2) is 26.5 Å². The molecule has 1 amide bonds. The number of carbonyl (C=O) groups excluding carboxylic acids is 2. The van der Waals surface area contributed by atoms with E-state index in [0.717, 1.165) is 0 Å². The van der Waals surface area contributed by atoms with Gasteiger partial charge in [0, 0.05) is 22.9 Å². The van der Waals surface area contributed by atoms with E-state index in [1.807, 2.05) is 6.07 Å². The Labute approximate surface area is 180 Å². The van der Waals surface area contributed by atoms with E-state index in [0.29, 0.717) is 22.3 Å². The van der Waals surface area contributed by atoms with E-state index in [4.69, 9.17) is 10.00 Å². The van der Waals surface area contributed by atoms with Crippen LogP contribution in [0.1, 0.15) is 34.0 Å². The first-order chi connectivity index (χ1) is 15.5. The number of fused-ring (bicyclic) bond motifs is 2. The summed E-state index contributed by atoms with van der Waals surface area (Å²) in [7, 11) is 0. The van der Waals surface area contributed by atoms with Crippen LogP contribution < -0.4 is 5.32 Å². The van der Waals surface area contributed by atoms with Crippen molar-refractivity contribution in [3.8, 4) is 17.2 Å². The lowest BCUT2D eigenvalue weighted by molar-refractivity contribution is -0.118. The molecule has 0 saturated carbocycles. The fraction of sp³-hybridized carbons (Fsp3) is 0.0870. The molecule has 0 aliphatic carbocycles. The molecule has 0 spiro atoms. The molecule has 2 aromatic heterocycles. The summed E-state index contributed by atoms with van der Waals surface area (Å²) in [6, 6.07) is 16.6. The summed E-state index contributed by atoms with van der Waals surface area (Å²) in [6.45, 7) is 0. The van der Waals surface area contributed by atoms with Crippen LogP contribution in [0.25, 0.3) is 16.8 Å². The van der Waals surface area contributed by atoms with Gasteiger partial charge in [-0.1, -0.05) is 30.3 Å². The van der Waals surface area contributed by atoms with Crippen LogP contribution in [0.5, 0.6) is 0 Å². The van der Waals surface area contributed by atoms with Crippen molar-refractivity contribution in [1.29, 1.82) is 5.26 Å². The number of cyclic esters (lactones) is 1. The first-order valence-corrected chi connectivity index (χ1v) is 9.68. The quantitative estimate of drug-likeness (QED) is 0.498. The number of esters is 1. The number of carbonyl (C=O) groups is 2. The molecule has 9 heteroatoms. The number of pyridine rings is 1. The minimum atomic E-state index is -0.669. The Bertz CT molecular complexity index is 1440. The molecule has 1 aliphatic heterocycles. The van der Waals surface area contributed by atoms with Crippen LogP contribution in [0.2, 0.25) is 0 Å². The van der Waals surface area contributed by atoms with Gasteiger partial charge in [-0.3, -0.25) is 10.1 Å². The van der Waals surface area contributed by atoms with Crippen molar-refractivity contribution in [3.05, 3.63) is 83.3 Å². The fourth-order valence-corrected chi connectivity index (χ4v) is 3.65. The third kappa shape index (κ3) is 3.33. The molecule has 32 heavy (non-hydrogen) atoms. The molecule has 1 N–H and O–H groups in total. The van der Waals surface area contributed by atoms with Gasteiger partial charge in [0.25, 0.3) is 0 Å². The fourth-order valence-electron chi connectivity index (χ4n) is 3.65. The van der Waals surface area contributed by atoms with Gasteiger partial charge in [-0.15, -0.1) is 5.10 Å². The Balaban J connectivity index is 1.36. The largest absolute Gasteiger partial charge is 0.453 e. The van der Waals surface area contributed by atoms with E-state index in [9.17, 15) is 14.0 Å². The zero-order chi connectivity index (χ0) is 22.2. The number of nitrogens with one attached hydrogen (secondary N) is 1. The average Bonchev–Trinajstić information content (AvgIpc) is 3.33. The first-order valence-electron chi connectivity index (χ1n) is 9.68. The number of nitrogens with zero attached hydrogens (tertiary/aromatic N) is 4. The lowest BCUT2D eigenvalue weighted by atomic mass is 10.0. The minimum Gasteiger partial charge on any atom is -0.453 e. The van der Waals surface area contributed by atoms with Gasteiger partial charge < -0.3 is 4.74 Å². The topological polar surface area (TPSA) is 109 Å². The zero-order valence-corrected chi connectivity index (χ0v) is 16.4. The summed E-state index contributed by atoms with van der Waals surface area (Å²) in [5, 5.41) is 15.9. The molecular weight excluding hydrogens is 413 g/mol. The standard InChI is InChI=1S/C23H14FN5O3/c24-21-13(11-25)4-3-7-15(21)14-8-9-19-26-23(28-29(19)12-14)27-20(30)10-18-16-5-1-2-6-17(16)22(31)32-18/h1-9,12,18H,10H2,(H,27,28,30)/t18-/m1/s1. The number of hydrogen-bond donors (Lipinski definition) is 1. The van der Waals surface area contributed by atoms with Gasteiger partial charge in [0.05, 0.1) is 17.5 Å². The predicted octanol–water partition coefficient (Wildman–Crippen LogP) is 3.65. The van der Waals surface area contributed by atoms with Gasteiger partial charge >= 0.3 is 5.97 Å². The number of anilines is 1. The number of aromatic nitrogens is 3. The molecular formula is C23H14FN5O3. The monoisotopic (exact) mass is 427 g/mol. The Kier molecular flexibility index (Phi) is 4.60. The van der Waals surface area contributed by atoms with E-state index in [-0.39, 0.29) is 23.5 Å². The molecule has 4 aromatic rings. The number of rotatable bonds is 4. The summed E-state index contributed by atoms with van der Waals surface area (Å²) in [6.07, 6.45) is 0.820. The second-order valence-electron chi connectivity index (χ2n) is 7.17. The van der Waals surface area contributed by atoms with Crippen LogP contribution in [-0.2, 0) is 9.53 Å². The van der Waals surface area contributed by atoms with E-state index >= 15 is 0 Å². The SMILES string of the molecule is N#Cc1cccc(-c2ccc3nc(NC(=O)C[C@H]4OC(=O)c5ccccc54)nn3c2)c1F. The van der Waals surface area contributed by atoms with Crippen molar-refractivity contribution < 1.29 is 18.7 Å². The molecule has 0 unspecified atom stereocenters. The number of halogens is 1. The maximum atomic E-state index is 14.5. The molecule has 8 nitrogen and oxygen atoms in total. The molecule has 2 aromatic carbocycles. The van der Waals surface area contributed by atoms with Crippen LogP contribution in [0.3, 0.4) is 0 Å². The third-order valence-corrected chi connectivity index (χ3v) is 5.16. The van der Waals surface area contributed by atoms with Crippen LogP contribution in [0.15, 0.2) is 60.8 Å². The highest BCUT2D eigenvalue weighted by Gasteiger charge is 2.32. The van der Waals surface area contributed by atoms with Crippen molar-refractivity contribution in [3.63, 3.8) is 0 Å². The van der Waals surface area contributed by atoms with Gasteiger partial charge in [-0.05, 0) is 24.3 Å². The second-order valence-corrected chi connectivity index (χ2v) is 7.17. The first kappa shape index (κ1) is 19.4. The van der Waals surface area contributed by atoms with Gasteiger partial charge in [0.15, 0.2) is 5.65 Å². The summed E-state index contributed by atoms with van der Waals surface area (Å²) < 4.78 is 21.2. The molecule has 5 rings (SSSR count). The van der Waals surface area contributed by atoms with E-state index in [1.165, 1.54) is 10.6 Å². The Morgan fingerprint density at radius 1 is 1.16 bits per heavy atom. The molecule has 0 fully saturated rings. The maximum absolute atomic E-state index is 14.5. The molecule has 0 radical (unpaired) electrons. The Morgan fingerprint density at radius 2 is 1.97 bits per heavy atom. The summed E-state index contributed by atoms with van der Waals surface area (Å²) >= 11 is 0. The highest BCUT2D eigenvalue weighted by molar-refractivity contribution is 5.96. The minimum absolute atomic E-state index is 0.0525. The summed E-state index contributed by atoms with van der Waals surface area (Å²) in [4.78, 5) is 28.7. The molecule has 1 atom stereocenters. The lowest BCUT2D eigenvalue weighted by Crippen LogP contribution is -2.16. The molecule has 1 aliphatic rings. The Hall–Kier alpha value is -4.58. The summed E-state index contributed by atoms with van der Waals surface area (Å²) in [5.41, 5.74) is 2.28. The van der Waals surface area contributed by atoms with Crippen LogP contribution >= 0.6 is 0 Å². The third-order valence-electron chi connectivity index (χ3n) is 5.16. The van der Waals surface area contributed by atoms with Gasteiger partial charge in [0.2, 0.25) is 11.9 Å². The molecule has 3 heterocycles. The highest BCUT2D eigenvalue weighted by atomic mass is 19.1. The second kappa shape index (κ2) is 7.59. The molecule has 0 saturated heterocycles. The van der Waals surface area contributed by atoms with Crippen molar-refractivity contribution >= 4 is 23.5 Å². The Morgan fingerprint density at radius 3 is 2.81 bits per heavy atom. The molecule has 156 valence electrons. The normalized spacial score (nSPS) is 14.6. The van der Waals surface area contributed by atoms with Crippen molar-refractivity contribution in [2.45, 2.75) is 12.5 Å². The van der Waals surface area contributed by atoms with E-state index in [1.54, 1.807) is 54.7 Å². The van der Waals surface area contributed by atoms with Crippen molar-refractivity contribution in [1.82, 2.24) is 14.6 Å². The van der Waals surface area contributed by atoms with Crippen LogP contribution in [0, 0.1) is 17.1 Å². The van der Waals surface area contributed by atoms with Crippen LogP contribution in [0.4, 0.5) is 10.3 Å². The average molecular weight is 427 g/mol. The van der Waals surface area contributed by atoms with Crippen molar-refractivity contribution in [2.24, 2.45) is 0 Å². The van der Waals surface area contributed by atoms with Gasteiger partial charge in [0.1, 0.15) is 18.0 Å². The lowest BCUT2D eigenvalue weighted by Gasteiger charge is -2.09. The van der Waals surface area contributed by atoms with Gasteiger partial charge in [-0.25, -0.2) is 13.7 Å². The number of amides is 1. The number of ether oxygens (including phenoxy) is 1. The van der Waals surface area contributed by atoms with Gasteiger partial charge in [-0.2, -0.15) is 10.2 Å². The number of hydrogen-bond acceptors (Lipinski definition) is 6. The number of nitriles is 1. The van der Waals surface area contributed by atoms with Crippen molar-refractivity contribution in [2.75, 3.05) is 5.32 Å². The maximum Gasteiger partial charge on any atom is 0.339 e. The van der Waals surface area contributed by atoms with E-state index in [2.05, 4.69) is 15.4 Å². The predicted molar refractivity (Wildman–Crippen MR) is 111 cm³/mol. The smallest absolute Gasteiger partial charge is 0.339 e. The van der Waals surface area contributed by atoms with E-state index < -0.39 is 23.8 Å².